The Hall–Kier alpha value is -2.78. The number of carbonyl (C=O) groups is 1. The van der Waals surface area contributed by atoms with Crippen molar-refractivity contribution in [2.45, 2.75) is 20.4 Å². The topological polar surface area (TPSA) is 99.9 Å². The van der Waals surface area contributed by atoms with E-state index in [4.69, 9.17) is 9.15 Å². The number of furan rings is 1. The molecule has 2 heterocycles. The van der Waals surface area contributed by atoms with E-state index in [1.807, 2.05) is 4.57 Å². The second kappa shape index (κ2) is 7.22. The molecule has 2 aromatic heterocycles. The van der Waals surface area contributed by atoms with Gasteiger partial charge in [0.1, 0.15) is 11.5 Å². The van der Waals surface area contributed by atoms with E-state index in [9.17, 15) is 14.9 Å². The average Bonchev–Trinajstić information content (AvgIpc) is 3.11. The molecule has 0 aliphatic carbocycles. The summed E-state index contributed by atoms with van der Waals surface area (Å²) in [6.45, 7) is 4.38. The van der Waals surface area contributed by atoms with Gasteiger partial charge in [-0.05, 0) is 26.0 Å². The fourth-order valence-electron chi connectivity index (χ4n) is 2.65. The van der Waals surface area contributed by atoms with E-state index in [1.165, 1.54) is 23.5 Å². The summed E-state index contributed by atoms with van der Waals surface area (Å²) in [5.74, 6) is 0.739. The van der Waals surface area contributed by atoms with Crippen molar-refractivity contribution in [1.29, 1.82) is 0 Å². The van der Waals surface area contributed by atoms with Crippen LogP contribution in [0, 0.1) is 24.0 Å². The molecule has 0 fully saturated rings. The van der Waals surface area contributed by atoms with E-state index in [0.29, 0.717) is 39.7 Å². The third kappa shape index (κ3) is 3.44. The van der Waals surface area contributed by atoms with E-state index in [-0.39, 0.29) is 5.69 Å². The summed E-state index contributed by atoms with van der Waals surface area (Å²) in [7, 11) is 1.58. The van der Waals surface area contributed by atoms with E-state index in [1.54, 1.807) is 33.1 Å². The number of thiazole rings is 1. The zero-order chi connectivity index (χ0) is 18.8. The van der Waals surface area contributed by atoms with Gasteiger partial charge in [-0.25, -0.2) is 0 Å². The van der Waals surface area contributed by atoms with Gasteiger partial charge in [0.2, 0.25) is 0 Å². The molecule has 0 aliphatic rings. The summed E-state index contributed by atoms with van der Waals surface area (Å²) in [4.78, 5) is 27.8. The molecule has 136 valence electrons. The lowest BCUT2D eigenvalue weighted by atomic mass is 10.2. The number of ether oxygens (including phenoxy) is 1. The second-order valence-corrected chi connectivity index (χ2v) is 6.69. The lowest BCUT2D eigenvalue weighted by Crippen LogP contribution is -2.19. The molecule has 0 atom stereocenters. The summed E-state index contributed by atoms with van der Waals surface area (Å²) in [6.07, 6.45) is 0. The van der Waals surface area contributed by atoms with E-state index >= 15 is 0 Å². The Labute approximate surface area is 152 Å². The molecule has 0 spiro atoms. The van der Waals surface area contributed by atoms with Crippen molar-refractivity contribution >= 4 is 33.1 Å². The number of fused-ring (bicyclic) bond motifs is 1. The highest BCUT2D eigenvalue weighted by Gasteiger charge is 2.15. The molecule has 0 N–H and O–H groups in total. The van der Waals surface area contributed by atoms with Crippen LogP contribution in [0.15, 0.2) is 33.7 Å². The number of amides is 1. The van der Waals surface area contributed by atoms with Gasteiger partial charge >= 0.3 is 0 Å². The number of aryl methyl sites for hydroxylation is 2. The smallest absolute Gasteiger partial charge is 0.283 e. The molecule has 0 unspecified atom stereocenters. The number of non-ortho nitro benzene ring substituents is 1. The van der Waals surface area contributed by atoms with Crippen molar-refractivity contribution in [3.63, 3.8) is 0 Å². The van der Waals surface area contributed by atoms with Crippen molar-refractivity contribution in [2.24, 2.45) is 4.99 Å². The van der Waals surface area contributed by atoms with Crippen LogP contribution in [0.1, 0.15) is 21.9 Å². The molecule has 1 amide bonds. The lowest BCUT2D eigenvalue weighted by Gasteiger charge is -2.04. The molecule has 0 saturated carbocycles. The van der Waals surface area contributed by atoms with Gasteiger partial charge in [0.15, 0.2) is 4.80 Å². The van der Waals surface area contributed by atoms with Gasteiger partial charge in [0.05, 0.1) is 27.3 Å². The van der Waals surface area contributed by atoms with Gasteiger partial charge in [0, 0.05) is 25.8 Å². The Kier molecular flexibility index (Phi) is 5.01. The van der Waals surface area contributed by atoms with Crippen molar-refractivity contribution < 1.29 is 18.9 Å². The Balaban J connectivity index is 2.14. The largest absolute Gasteiger partial charge is 0.466 e. The number of carbonyl (C=O) groups excluding carboxylic acids is 1. The third-order valence-electron chi connectivity index (χ3n) is 3.86. The van der Waals surface area contributed by atoms with Gasteiger partial charge in [-0.15, -0.1) is 0 Å². The number of methoxy groups -OCH3 is 1. The summed E-state index contributed by atoms with van der Waals surface area (Å²) in [5.41, 5.74) is 1.17. The summed E-state index contributed by atoms with van der Waals surface area (Å²) in [5, 5.41) is 11.0. The number of hydrogen-bond donors (Lipinski definition) is 0. The zero-order valence-electron chi connectivity index (χ0n) is 14.5. The number of nitrogens with zero attached hydrogens (tertiary/aromatic N) is 3. The second-order valence-electron chi connectivity index (χ2n) is 5.68. The van der Waals surface area contributed by atoms with Crippen LogP contribution in [-0.4, -0.2) is 29.1 Å². The van der Waals surface area contributed by atoms with Crippen LogP contribution in [0.25, 0.3) is 10.2 Å². The Morgan fingerprint density at radius 3 is 2.77 bits per heavy atom. The van der Waals surface area contributed by atoms with Crippen LogP contribution in [-0.2, 0) is 11.3 Å². The standard InChI is InChI=1S/C17H17N3O5S/c1-10-8-13(11(2)25-10)16(21)18-17-19(6-7-24-3)14-5-4-12(20(22)23)9-15(14)26-17/h4-5,8-9H,6-7H2,1-3H3. The predicted molar refractivity (Wildman–Crippen MR) is 96.4 cm³/mol. The average molecular weight is 375 g/mol. The lowest BCUT2D eigenvalue weighted by molar-refractivity contribution is -0.384. The number of nitro groups is 1. The van der Waals surface area contributed by atoms with Crippen LogP contribution in [0.3, 0.4) is 0 Å². The number of benzene rings is 1. The zero-order valence-corrected chi connectivity index (χ0v) is 15.3. The molecule has 3 rings (SSSR count). The maximum absolute atomic E-state index is 12.6. The number of rotatable bonds is 5. The highest BCUT2D eigenvalue weighted by molar-refractivity contribution is 7.16. The van der Waals surface area contributed by atoms with Crippen molar-refractivity contribution in [2.75, 3.05) is 13.7 Å². The molecule has 1 aromatic carbocycles. The molecule has 8 nitrogen and oxygen atoms in total. The maximum Gasteiger partial charge on any atom is 0.283 e. The van der Waals surface area contributed by atoms with Gasteiger partial charge in [-0.3, -0.25) is 14.9 Å². The molecule has 0 bridgehead atoms. The molecular formula is C17H17N3O5S. The Morgan fingerprint density at radius 1 is 1.38 bits per heavy atom. The minimum Gasteiger partial charge on any atom is -0.466 e. The summed E-state index contributed by atoms with van der Waals surface area (Å²) in [6, 6.07) is 6.24. The fourth-order valence-corrected chi connectivity index (χ4v) is 3.74. The summed E-state index contributed by atoms with van der Waals surface area (Å²) < 4.78 is 13.0. The highest BCUT2D eigenvalue weighted by atomic mass is 32.1. The van der Waals surface area contributed by atoms with E-state index in [0.717, 1.165) is 5.52 Å². The van der Waals surface area contributed by atoms with Crippen LogP contribution >= 0.6 is 11.3 Å². The minimum atomic E-state index is -0.446. The first kappa shape index (κ1) is 18.0. The van der Waals surface area contributed by atoms with Crippen LogP contribution in [0.5, 0.6) is 0 Å². The number of nitro benzene ring substituents is 1. The Morgan fingerprint density at radius 2 is 2.15 bits per heavy atom. The monoisotopic (exact) mass is 375 g/mol. The van der Waals surface area contributed by atoms with Crippen LogP contribution in [0.4, 0.5) is 5.69 Å². The van der Waals surface area contributed by atoms with E-state index < -0.39 is 10.8 Å². The van der Waals surface area contributed by atoms with Gasteiger partial charge in [-0.2, -0.15) is 4.99 Å². The third-order valence-corrected chi connectivity index (χ3v) is 4.91. The highest BCUT2D eigenvalue weighted by Crippen LogP contribution is 2.23. The number of hydrogen-bond acceptors (Lipinski definition) is 6. The molecular weight excluding hydrogens is 358 g/mol. The fraction of sp³-hybridized carbons (Fsp3) is 0.294. The molecule has 0 aliphatic heterocycles. The molecule has 26 heavy (non-hydrogen) atoms. The van der Waals surface area contributed by atoms with Crippen LogP contribution < -0.4 is 4.80 Å². The minimum absolute atomic E-state index is 0.00294. The molecule has 0 radical (unpaired) electrons. The van der Waals surface area contributed by atoms with Gasteiger partial charge in [-0.1, -0.05) is 11.3 Å². The molecule has 0 saturated heterocycles. The molecule has 3 aromatic rings. The predicted octanol–water partition coefficient (Wildman–Crippen LogP) is 3.21. The van der Waals surface area contributed by atoms with Crippen molar-refractivity contribution in [3.05, 3.63) is 56.3 Å². The molecule has 9 heteroatoms. The van der Waals surface area contributed by atoms with Crippen molar-refractivity contribution in [1.82, 2.24) is 4.57 Å². The first-order valence-corrected chi connectivity index (χ1v) is 8.65. The maximum atomic E-state index is 12.6. The quantitative estimate of drug-likeness (QED) is 0.503. The van der Waals surface area contributed by atoms with Crippen LogP contribution in [0.2, 0.25) is 0 Å². The summed E-state index contributed by atoms with van der Waals surface area (Å²) >= 11 is 1.23. The Bertz CT molecular complexity index is 1060. The number of aromatic nitrogens is 1. The normalized spacial score (nSPS) is 12.0. The van der Waals surface area contributed by atoms with E-state index in [2.05, 4.69) is 4.99 Å². The first-order valence-electron chi connectivity index (χ1n) is 7.83. The SMILES string of the molecule is COCCn1c(=NC(=O)c2cc(C)oc2C)sc2cc([N+](=O)[O-])ccc21. The van der Waals surface area contributed by atoms with Crippen molar-refractivity contribution in [3.8, 4) is 0 Å². The first-order chi connectivity index (χ1) is 12.4. The van der Waals surface area contributed by atoms with Gasteiger partial charge in [0.25, 0.3) is 11.6 Å². The van der Waals surface area contributed by atoms with Gasteiger partial charge < -0.3 is 13.7 Å².